The van der Waals surface area contributed by atoms with E-state index in [4.69, 9.17) is 5.73 Å². The van der Waals surface area contributed by atoms with E-state index in [2.05, 4.69) is 27.7 Å². The first kappa shape index (κ1) is 13.0. The molecule has 0 aromatic rings. The van der Waals surface area contributed by atoms with E-state index in [0.29, 0.717) is 11.5 Å². The smallest absolute Gasteiger partial charge is 0.00722 e. The van der Waals surface area contributed by atoms with E-state index >= 15 is 0 Å². The minimum Gasteiger partial charge on any atom is -0.327 e. The summed E-state index contributed by atoms with van der Waals surface area (Å²) in [5.41, 5.74) is 6.74. The van der Waals surface area contributed by atoms with Crippen molar-refractivity contribution in [2.45, 2.75) is 72.3 Å². The van der Waals surface area contributed by atoms with Crippen molar-refractivity contribution in [1.82, 2.24) is 0 Å². The van der Waals surface area contributed by atoms with E-state index in [1.807, 2.05) is 0 Å². The largest absolute Gasteiger partial charge is 0.327 e. The molecule has 1 fully saturated rings. The molecule has 1 rings (SSSR count). The molecule has 0 bridgehead atoms. The molecule has 0 spiro atoms. The predicted octanol–water partition coefficient (Wildman–Crippen LogP) is 3.97. The quantitative estimate of drug-likeness (QED) is 0.751. The highest BCUT2D eigenvalue weighted by Gasteiger charge is 2.28. The summed E-state index contributed by atoms with van der Waals surface area (Å²) in [5.74, 6) is 1.75. The van der Waals surface area contributed by atoms with Gasteiger partial charge in [0.25, 0.3) is 0 Å². The summed E-state index contributed by atoms with van der Waals surface area (Å²) in [7, 11) is 0. The van der Waals surface area contributed by atoms with Crippen LogP contribution in [0.5, 0.6) is 0 Å². The monoisotopic (exact) mass is 211 g/mol. The first-order chi connectivity index (χ1) is 6.92. The van der Waals surface area contributed by atoms with Crippen LogP contribution in [-0.2, 0) is 0 Å². The van der Waals surface area contributed by atoms with Crippen LogP contribution in [0.3, 0.4) is 0 Å². The molecule has 0 aromatic carbocycles. The Kier molecular flexibility index (Phi) is 4.64. The van der Waals surface area contributed by atoms with Gasteiger partial charge in [-0.25, -0.2) is 0 Å². The molecule has 1 aliphatic carbocycles. The highest BCUT2D eigenvalue weighted by Crippen LogP contribution is 2.35. The summed E-state index contributed by atoms with van der Waals surface area (Å²) < 4.78 is 0. The average molecular weight is 211 g/mol. The van der Waals surface area contributed by atoms with Crippen LogP contribution in [0.2, 0.25) is 0 Å². The molecular formula is C14H29N. The van der Waals surface area contributed by atoms with Crippen LogP contribution < -0.4 is 5.73 Å². The zero-order valence-corrected chi connectivity index (χ0v) is 11.1. The van der Waals surface area contributed by atoms with Crippen molar-refractivity contribution in [2.75, 3.05) is 0 Å². The minimum absolute atomic E-state index is 0.387. The van der Waals surface area contributed by atoms with Crippen molar-refractivity contribution >= 4 is 0 Å². The Morgan fingerprint density at radius 1 is 1.27 bits per heavy atom. The molecule has 0 heterocycles. The summed E-state index contributed by atoms with van der Waals surface area (Å²) >= 11 is 0. The highest BCUT2D eigenvalue weighted by molar-refractivity contribution is 4.83. The second-order valence-corrected chi connectivity index (χ2v) is 6.63. The molecule has 0 aromatic heterocycles. The van der Waals surface area contributed by atoms with E-state index in [-0.39, 0.29) is 0 Å². The molecular weight excluding hydrogens is 182 g/mol. The summed E-state index contributed by atoms with van der Waals surface area (Å²) in [6.45, 7) is 9.22. The van der Waals surface area contributed by atoms with Gasteiger partial charge in [-0.3, -0.25) is 0 Å². The van der Waals surface area contributed by atoms with E-state index in [1.165, 1.54) is 38.5 Å². The summed E-state index contributed by atoms with van der Waals surface area (Å²) in [6.07, 6.45) is 8.12. The Morgan fingerprint density at radius 2 is 1.93 bits per heavy atom. The Morgan fingerprint density at radius 3 is 2.47 bits per heavy atom. The maximum absolute atomic E-state index is 6.35. The van der Waals surface area contributed by atoms with Gasteiger partial charge in [-0.05, 0) is 36.5 Å². The molecule has 3 atom stereocenters. The van der Waals surface area contributed by atoms with Gasteiger partial charge in [0.1, 0.15) is 0 Å². The Balaban J connectivity index is 2.41. The lowest BCUT2D eigenvalue weighted by molar-refractivity contribution is 0.195. The highest BCUT2D eigenvalue weighted by atomic mass is 14.7. The molecule has 1 heteroatoms. The Hall–Kier alpha value is -0.0400. The van der Waals surface area contributed by atoms with Gasteiger partial charge in [-0.1, -0.05) is 47.0 Å². The topological polar surface area (TPSA) is 26.0 Å². The third-order valence-corrected chi connectivity index (χ3v) is 3.85. The number of rotatable bonds is 3. The minimum atomic E-state index is 0.387. The lowest BCUT2D eigenvalue weighted by Crippen LogP contribution is -2.36. The lowest BCUT2D eigenvalue weighted by Gasteiger charge is -2.35. The lowest BCUT2D eigenvalue weighted by atomic mass is 9.73. The van der Waals surface area contributed by atoms with Gasteiger partial charge in [0, 0.05) is 6.04 Å². The molecule has 0 aliphatic heterocycles. The van der Waals surface area contributed by atoms with Crippen LogP contribution in [0.25, 0.3) is 0 Å². The normalized spacial score (nSPS) is 30.2. The van der Waals surface area contributed by atoms with Crippen molar-refractivity contribution in [2.24, 2.45) is 23.0 Å². The van der Waals surface area contributed by atoms with Crippen molar-refractivity contribution in [1.29, 1.82) is 0 Å². The number of nitrogens with two attached hydrogens (primary N) is 1. The molecule has 1 aliphatic rings. The standard InChI is InChI=1S/C14H29N/c1-5-11-7-6-8-12(9-11)13(15)10-14(2,3)4/h11-13H,5-10,15H2,1-4H3. The van der Waals surface area contributed by atoms with Gasteiger partial charge in [-0.15, -0.1) is 0 Å². The Labute approximate surface area is 95.8 Å². The molecule has 0 amide bonds. The van der Waals surface area contributed by atoms with E-state index in [1.54, 1.807) is 0 Å². The first-order valence-corrected chi connectivity index (χ1v) is 6.68. The SMILES string of the molecule is CCC1CCCC(C(N)CC(C)(C)C)C1. The van der Waals surface area contributed by atoms with Gasteiger partial charge < -0.3 is 5.73 Å². The fraction of sp³-hybridized carbons (Fsp3) is 1.00. The molecule has 1 saturated carbocycles. The first-order valence-electron chi connectivity index (χ1n) is 6.68. The van der Waals surface area contributed by atoms with Gasteiger partial charge in [-0.2, -0.15) is 0 Å². The number of hydrogen-bond acceptors (Lipinski definition) is 1. The zero-order chi connectivity index (χ0) is 11.5. The molecule has 15 heavy (non-hydrogen) atoms. The Bertz CT molecular complexity index is 180. The van der Waals surface area contributed by atoms with E-state index < -0.39 is 0 Å². The van der Waals surface area contributed by atoms with Crippen LogP contribution in [0.4, 0.5) is 0 Å². The molecule has 90 valence electrons. The average Bonchev–Trinajstić information content (AvgIpc) is 2.15. The molecule has 0 saturated heterocycles. The van der Waals surface area contributed by atoms with Gasteiger partial charge in [0.2, 0.25) is 0 Å². The molecule has 0 radical (unpaired) electrons. The predicted molar refractivity (Wildman–Crippen MR) is 67.8 cm³/mol. The summed E-state index contributed by atoms with van der Waals surface area (Å²) in [5, 5.41) is 0. The maximum Gasteiger partial charge on any atom is 0.00722 e. The van der Waals surface area contributed by atoms with E-state index in [0.717, 1.165) is 11.8 Å². The maximum atomic E-state index is 6.35. The second kappa shape index (κ2) is 5.34. The van der Waals surface area contributed by atoms with Gasteiger partial charge in [0.05, 0.1) is 0 Å². The van der Waals surface area contributed by atoms with Crippen LogP contribution in [0, 0.1) is 17.3 Å². The molecule has 2 N–H and O–H groups in total. The van der Waals surface area contributed by atoms with Crippen molar-refractivity contribution < 1.29 is 0 Å². The van der Waals surface area contributed by atoms with Crippen LogP contribution in [0.1, 0.15) is 66.2 Å². The van der Waals surface area contributed by atoms with Crippen LogP contribution >= 0.6 is 0 Å². The second-order valence-electron chi connectivity index (χ2n) is 6.63. The molecule has 3 unspecified atom stereocenters. The molecule has 1 nitrogen and oxygen atoms in total. The van der Waals surface area contributed by atoms with Crippen molar-refractivity contribution in [3.63, 3.8) is 0 Å². The third kappa shape index (κ3) is 4.55. The third-order valence-electron chi connectivity index (χ3n) is 3.85. The van der Waals surface area contributed by atoms with Gasteiger partial charge >= 0.3 is 0 Å². The van der Waals surface area contributed by atoms with Crippen LogP contribution in [0.15, 0.2) is 0 Å². The number of hydrogen-bond donors (Lipinski definition) is 1. The summed E-state index contributed by atoms with van der Waals surface area (Å²) in [6, 6.07) is 0.430. The summed E-state index contributed by atoms with van der Waals surface area (Å²) in [4.78, 5) is 0. The fourth-order valence-electron chi connectivity index (χ4n) is 2.97. The fourth-order valence-corrected chi connectivity index (χ4v) is 2.97. The van der Waals surface area contributed by atoms with Crippen molar-refractivity contribution in [3.8, 4) is 0 Å². The van der Waals surface area contributed by atoms with Crippen molar-refractivity contribution in [3.05, 3.63) is 0 Å². The van der Waals surface area contributed by atoms with Crippen LogP contribution in [-0.4, -0.2) is 6.04 Å². The van der Waals surface area contributed by atoms with E-state index in [9.17, 15) is 0 Å². The zero-order valence-electron chi connectivity index (χ0n) is 11.1. The van der Waals surface area contributed by atoms with Gasteiger partial charge in [0.15, 0.2) is 0 Å².